The maximum Gasteiger partial charge on any atom is 0.224 e. The summed E-state index contributed by atoms with van der Waals surface area (Å²) in [6.45, 7) is 3.52. The lowest BCUT2D eigenvalue weighted by Crippen LogP contribution is -2.42. The number of piperidine rings is 1. The third-order valence-electron chi connectivity index (χ3n) is 4.43. The van der Waals surface area contributed by atoms with Gasteiger partial charge in [0.25, 0.3) is 0 Å². The standard InChI is InChI=1S/C18H20N4O/c1-12-5-6-16-15(8-12)14(10-19)9-17(21-16)22-7-3-4-13(11-22)18(23)20-2/h5-6,8-9,13H,3-4,7,11H2,1-2H3,(H,20,23). The number of anilines is 1. The molecule has 0 radical (unpaired) electrons. The number of hydrogen-bond donors (Lipinski definition) is 1. The van der Waals surface area contributed by atoms with Crippen LogP contribution in [0.5, 0.6) is 0 Å². The highest BCUT2D eigenvalue weighted by atomic mass is 16.1. The molecule has 1 aliphatic rings. The summed E-state index contributed by atoms with van der Waals surface area (Å²) < 4.78 is 0. The zero-order chi connectivity index (χ0) is 16.4. The molecule has 1 amide bonds. The fourth-order valence-corrected chi connectivity index (χ4v) is 3.18. The molecule has 5 nitrogen and oxygen atoms in total. The van der Waals surface area contributed by atoms with Gasteiger partial charge in [-0.3, -0.25) is 4.79 Å². The lowest BCUT2D eigenvalue weighted by Gasteiger charge is -2.32. The lowest BCUT2D eigenvalue weighted by atomic mass is 9.97. The Labute approximate surface area is 135 Å². The summed E-state index contributed by atoms with van der Waals surface area (Å²) in [4.78, 5) is 18.7. The van der Waals surface area contributed by atoms with E-state index < -0.39 is 0 Å². The number of nitrogens with zero attached hydrogens (tertiary/aromatic N) is 3. The number of carbonyl (C=O) groups excluding carboxylic acids is 1. The quantitative estimate of drug-likeness (QED) is 0.925. The van der Waals surface area contributed by atoms with Crippen molar-refractivity contribution in [3.05, 3.63) is 35.4 Å². The number of amides is 1. The summed E-state index contributed by atoms with van der Waals surface area (Å²) in [5.41, 5.74) is 2.57. The van der Waals surface area contributed by atoms with E-state index in [-0.39, 0.29) is 11.8 Å². The zero-order valence-corrected chi connectivity index (χ0v) is 13.5. The van der Waals surface area contributed by atoms with Crippen molar-refractivity contribution in [3.63, 3.8) is 0 Å². The van der Waals surface area contributed by atoms with Crippen molar-refractivity contribution < 1.29 is 4.79 Å². The first-order chi connectivity index (χ1) is 11.1. The van der Waals surface area contributed by atoms with Crippen LogP contribution in [0.2, 0.25) is 0 Å². The SMILES string of the molecule is CNC(=O)C1CCCN(c2cc(C#N)c3cc(C)ccc3n2)C1. The molecule has 3 rings (SSSR count). The van der Waals surface area contributed by atoms with Gasteiger partial charge in [-0.1, -0.05) is 11.6 Å². The van der Waals surface area contributed by atoms with E-state index in [2.05, 4.69) is 16.3 Å². The molecule has 2 heterocycles. The second kappa shape index (κ2) is 6.25. The highest BCUT2D eigenvalue weighted by molar-refractivity contribution is 5.87. The normalized spacial score (nSPS) is 17.8. The number of rotatable bonds is 2. The Morgan fingerprint density at radius 2 is 2.26 bits per heavy atom. The number of carbonyl (C=O) groups is 1. The largest absolute Gasteiger partial charge is 0.359 e. The first-order valence-electron chi connectivity index (χ1n) is 7.90. The number of nitrogens with one attached hydrogen (secondary N) is 1. The second-order valence-corrected chi connectivity index (χ2v) is 6.06. The molecule has 1 aromatic carbocycles. The number of pyridine rings is 1. The van der Waals surface area contributed by atoms with Crippen LogP contribution >= 0.6 is 0 Å². The van der Waals surface area contributed by atoms with Gasteiger partial charge < -0.3 is 10.2 Å². The molecule has 1 aliphatic heterocycles. The van der Waals surface area contributed by atoms with Gasteiger partial charge in [0.1, 0.15) is 5.82 Å². The molecule has 1 saturated heterocycles. The molecule has 23 heavy (non-hydrogen) atoms. The summed E-state index contributed by atoms with van der Waals surface area (Å²) in [6.07, 6.45) is 1.85. The van der Waals surface area contributed by atoms with Crippen molar-refractivity contribution in [2.75, 3.05) is 25.0 Å². The molecule has 1 N–H and O–H groups in total. The lowest BCUT2D eigenvalue weighted by molar-refractivity contribution is -0.124. The van der Waals surface area contributed by atoms with E-state index >= 15 is 0 Å². The monoisotopic (exact) mass is 308 g/mol. The van der Waals surface area contributed by atoms with Gasteiger partial charge >= 0.3 is 0 Å². The highest BCUT2D eigenvalue weighted by Crippen LogP contribution is 2.27. The third kappa shape index (κ3) is 2.98. The van der Waals surface area contributed by atoms with Gasteiger partial charge in [0.2, 0.25) is 5.91 Å². The fourth-order valence-electron chi connectivity index (χ4n) is 3.18. The van der Waals surface area contributed by atoms with Gasteiger partial charge in [-0.2, -0.15) is 5.26 Å². The van der Waals surface area contributed by atoms with E-state index in [0.29, 0.717) is 12.1 Å². The number of aryl methyl sites for hydroxylation is 1. The number of fused-ring (bicyclic) bond motifs is 1. The second-order valence-electron chi connectivity index (χ2n) is 6.06. The molecule has 1 fully saturated rings. The van der Waals surface area contributed by atoms with E-state index in [4.69, 9.17) is 4.98 Å². The summed E-state index contributed by atoms with van der Waals surface area (Å²) >= 11 is 0. The Kier molecular flexibility index (Phi) is 4.16. The van der Waals surface area contributed by atoms with Gasteiger partial charge in [0, 0.05) is 25.5 Å². The van der Waals surface area contributed by atoms with Crippen LogP contribution in [-0.2, 0) is 4.79 Å². The van der Waals surface area contributed by atoms with Crippen LogP contribution in [0, 0.1) is 24.2 Å². The van der Waals surface area contributed by atoms with E-state index in [9.17, 15) is 10.1 Å². The Hall–Kier alpha value is -2.61. The highest BCUT2D eigenvalue weighted by Gasteiger charge is 2.26. The predicted octanol–water partition coefficient (Wildman–Crippen LogP) is 2.38. The molecule has 5 heteroatoms. The van der Waals surface area contributed by atoms with E-state index in [0.717, 1.165) is 41.7 Å². The van der Waals surface area contributed by atoms with E-state index in [1.54, 1.807) is 7.05 Å². The van der Waals surface area contributed by atoms with Crippen LogP contribution < -0.4 is 10.2 Å². The smallest absolute Gasteiger partial charge is 0.224 e. The summed E-state index contributed by atoms with van der Waals surface area (Å²) in [5.74, 6) is 0.841. The van der Waals surface area contributed by atoms with Gasteiger partial charge in [-0.05, 0) is 38.0 Å². The summed E-state index contributed by atoms with van der Waals surface area (Å²) in [6, 6.07) is 10.1. The van der Waals surface area contributed by atoms with Gasteiger partial charge in [0.05, 0.1) is 23.1 Å². The minimum Gasteiger partial charge on any atom is -0.359 e. The molecule has 0 aliphatic carbocycles. The van der Waals surface area contributed by atoms with Gasteiger partial charge in [-0.15, -0.1) is 0 Å². The summed E-state index contributed by atoms with van der Waals surface area (Å²) in [7, 11) is 1.67. The topological polar surface area (TPSA) is 69.0 Å². The zero-order valence-electron chi connectivity index (χ0n) is 13.5. The van der Waals surface area contributed by atoms with E-state index in [1.807, 2.05) is 31.2 Å². The van der Waals surface area contributed by atoms with Gasteiger partial charge in [0.15, 0.2) is 0 Å². The van der Waals surface area contributed by atoms with Crippen molar-refractivity contribution in [1.29, 1.82) is 5.26 Å². The Balaban J connectivity index is 1.98. The fraction of sp³-hybridized carbons (Fsp3) is 0.389. The average molecular weight is 308 g/mol. The van der Waals surface area contributed by atoms with E-state index in [1.165, 1.54) is 0 Å². The molecule has 1 atom stereocenters. The number of hydrogen-bond acceptors (Lipinski definition) is 4. The van der Waals surface area contributed by atoms with Crippen LogP contribution in [0.15, 0.2) is 24.3 Å². The minimum absolute atomic E-state index is 0.0187. The van der Waals surface area contributed by atoms with Crippen molar-refractivity contribution >= 4 is 22.6 Å². The van der Waals surface area contributed by atoms with Crippen molar-refractivity contribution in [3.8, 4) is 6.07 Å². The van der Waals surface area contributed by atoms with Crippen LogP contribution in [0.1, 0.15) is 24.0 Å². The maximum absolute atomic E-state index is 11.9. The molecule has 0 saturated carbocycles. The molecular weight excluding hydrogens is 288 g/mol. The third-order valence-corrected chi connectivity index (χ3v) is 4.43. The van der Waals surface area contributed by atoms with Gasteiger partial charge in [-0.25, -0.2) is 4.98 Å². The van der Waals surface area contributed by atoms with Crippen molar-refractivity contribution in [2.24, 2.45) is 5.92 Å². The first-order valence-corrected chi connectivity index (χ1v) is 7.90. The van der Waals surface area contributed by atoms with Crippen LogP contribution in [0.3, 0.4) is 0 Å². The number of nitriles is 1. The first kappa shape index (κ1) is 15.3. The van der Waals surface area contributed by atoms with Crippen LogP contribution in [-0.4, -0.2) is 31.0 Å². The molecule has 0 bridgehead atoms. The molecular formula is C18H20N4O. The Bertz CT molecular complexity index is 793. The molecule has 0 spiro atoms. The van der Waals surface area contributed by atoms with Crippen molar-refractivity contribution in [2.45, 2.75) is 19.8 Å². The number of aromatic nitrogens is 1. The molecule has 2 aromatic rings. The van der Waals surface area contributed by atoms with Crippen LogP contribution in [0.4, 0.5) is 5.82 Å². The number of benzene rings is 1. The predicted molar refractivity (Wildman–Crippen MR) is 90.2 cm³/mol. The van der Waals surface area contributed by atoms with Crippen molar-refractivity contribution in [1.82, 2.24) is 10.3 Å². The maximum atomic E-state index is 11.9. The molecule has 1 aromatic heterocycles. The Morgan fingerprint density at radius 1 is 1.43 bits per heavy atom. The molecule has 118 valence electrons. The summed E-state index contributed by atoms with van der Waals surface area (Å²) in [5, 5.41) is 13.1. The minimum atomic E-state index is -0.0187. The Morgan fingerprint density at radius 3 is 3.00 bits per heavy atom. The molecule has 1 unspecified atom stereocenters. The average Bonchev–Trinajstić information content (AvgIpc) is 2.60. The van der Waals surface area contributed by atoms with Crippen LogP contribution in [0.25, 0.3) is 10.9 Å².